The minimum Gasteiger partial charge on any atom is -0.476 e. The van der Waals surface area contributed by atoms with Gasteiger partial charge in [-0.15, -0.1) is 0 Å². The summed E-state index contributed by atoms with van der Waals surface area (Å²) in [6.45, 7) is 3.45. The van der Waals surface area contributed by atoms with Crippen LogP contribution in [0.15, 0.2) is 18.2 Å². The Hall–Kier alpha value is -2.04. The van der Waals surface area contributed by atoms with Gasteiger partial charge in [0.2, 0.25) is 5.91 Å². The molecule has 5 heteroatoms. The fourth-order valence-corrected chi connectivity index (χ4v) is 3.46. The molecule has 24 heavy (non-hydrogen) atoms. The lowest BCUT2D eigenvalue weighted by atomic mass is 9.86. The van der Waals surface area contributed by atoms with Gasteiger partial charge >= 0.3 is 0 Å². The second-order valence-corrected chi connectivity index (χ2v) is 7.34. The second-order valence-electron chi connectivity index (χ2n) is 7.34. The Morgan fingerprint density at radius 2 is 2.04 bits per heavy atom. The highest BCUT2D eigenvalue weighted by atomic mass is 16.5. The quantitative estimate of drug-likeness (QED) is 0.873. The van der Waals surface area contributed by atoms with Gasteiger partial charge in [0, 0.05) is 6.42 Å². The Morgan fingerprint density at radius 3 is 2.79 bits per heavy atom. The number of nitrogens with one attached hydrogen (secondary N) is 2. The van der Waals surface area contributed by atoms with E-state index in [1.165, 1.54) is 32.1 Å². The summed E-state index contributed by atoms with van der Waals surface area (Å²) in [5, 5.41) is 5.77. The highest BCUT2D eigenvalue weighted by molar-refractivity contribution is 6.05. The number of fused-ring (bicyclic) bond motifs is 1. The Balaban J connectivity index is 1.63. The number of anilines is 2. The van der Waals surface area contributed by atoms with E-state index >= 15 is 0 Å². The van der Waals surface area contributed by atoms with Crippen molar-refractivity contribution in [2.45, 2.75) is 64.4 Å². The van der Waals surface area contributed by atoms with Crippen molar-refractivity contribution in [1.29, 1.82) is 0 Å². The predicted octanol–water partition coefficient (Wildman–Crippen LogP) is 4.10. The lowest BCUT2D eigenvalue weighted by molar-refractivity contribution is -0.129. The van der Waals surface area contributed by atoms with Crippen LogP contribution in [0.2, 0.25) is 0 Å². The second kappa shape index (κ2) is 6.83. The Morgan fingerprint density at radius 1 is 1.29 bits per heavy atom. The molecule has 1 aliphatic carbocycles. The summed E-state index contributed by atoms with van der Waals surface area (Å²) in [4.78, 5) is 24.4. The maximum atomic E-state index is 12.3. The molecule has 0 aromatic heterocycles. The molecule has 2 amide bonds. The van der Waals surface area contributed by atoms with Gasteiger partial charge in [-0.2, -0.15) is 0 Å². The minimum atomic E-state index is -0.906. The fourth-order valence-electron chi connectivity index (χ4n) is 3.46. The smallest absolute Gasteiger partial charge is 0.268 e. The van der Waals surface area contributed by atoms with Crippen LogP contribution in [0.5, 0.6) is 5.75 Å². The number of rotatable bonds is 4. The lowest BCUT2D eigenvalue weighted by Crippen LogP contribution is -2.45. The Bertz CT molecular complexity index is 633. The number of hydrogen-bond acceptors (Lipinski definition) is 3. The molecule has 0 bridgehead atoms. The van der Waals surface area contributed by atoms with Crippen molar-refractivity contribution in [2.24, 2.45) is 5.92 Å². The molecule has 0 spiro atoms. The molecule has 1 saturated carbocycles. The van der Waals surface area contributed by atoms with Crippen molar-refractivity contribution in [1.82, 2.24) is 0 Å². The van der Waals surface area contributed by atoms with E-state index in [0.29, 0.717) is 29.5 Å². The van der Waals surface area contributed by atoms with Gasteiger partial charge in [0.05, 0.1) is 5.69 Å². The van der Waals surface area contributed by atoms with Gasteiger partial charge in [0.1, 0.15) is 11.4 Å². The third-order valence-electron chi connectivity index (χ3n) is 4.96. The average molecular weight is 330 g/mol. The largest absolute Gasteiger partial charge is 0.476 e. The zero-order chi connectivity index (χ0) is 17.2. The van der Waals surface area contributed by atoms with Crippen LogP contribution in [0.4, 0.5) is 11.4 Å². The zero-order valence-electron chi connectivity index (χ0n) is 14.5. The van der Waals surface area contributed by atoms with Crippen LogP contribution in [0, 0.1) is 5.92 Å². The first kappa shape index (κ1) is 16.8. The molecule has 3 rings (SSSR count). The van der Waals surface area contributed by atoms with Gasteiger partial charge in [0.15, 0.2) is 5.60 Å². The highest BCUT2D eigenvalue weighted by Gasteiger charge is 2.36. The Labute approximate surface area is 143 Å². The van der Waals surface area contributed by atoms with Crippen LogP contribution in [0.25, 0.3) is 0 Å². The monoisotopic (exact) mass is 330 g/mol. The number of benzene rings is 1. The average Bonchev–Trinajstić information content (AvgIpc) is 2.55. The van der Waals surface area contributed by atoms with Gasteiger partial charge in [-0.05, 0) is 38.3 Å². The van der Waals surface area contributed by atoms with Crippen LogP contribution in [-0.2, 0) is 9.59 Å². The molecule has 2 aliphatic rings. The number of para-hydroxylation sites is 1. The summed E-state index contributed by atoms with van der Waals surface area (Å²) in [7, 11) is 0. The third-order valence-corrected chi connectivity index (χ3v) is 4.96. The van der Waals surface area contributed by atoms with E-state index in [9.17, 15) is 9.59 Å². The topological polar surface area (TPSA) is 67.4 Å². The molecule has 1 aliphatic heterocycles. The molecular weight excluding hydrogens is 304 g/mol. The van der Waals surface area contributed by atoms with Crippen LogP contribution in [0.1, 0.15) is 58.8 Å². The zero-order valence-corrected chi connectivity index (χ0v) is 14.5. The number of carbonyl (C=O) groups excluding carboxylic acids is 2. The third kappa shape index (κ3) is 3.71. The first-order valence-electron chi connectivity index (χ1n) is 8.89. The van der Waals surface area contributed by atoms with Gasteiger partial charge in [-0.25, -0.2) is 0 Å². The van der Waals surface area contributed by atoms with E-state index in [1.807, 2.05) is 6.07 Å². The minimum absolute atomic E-state index is 0.00643. The summed E-state index contributed by atoms with van der Waals surface area (Å²) in [5.41, 5.74) is 0.245. The van der Waals surface area contributed by atoms with E-state index in [2.05, 4.69) is 10.6 Å². The number of amides is 2. The summed E-state index contributed by atoms with van der Waals surface area (Å²) in [6, 6.07) is 5.41. The molecule has 0 saturated heterocycles. The molecule has 0 unspecified atom stereocenters. The SMILES string of the molecule is CC1(C)Oc2cccc(NC(=O)CCC3CCCCC3)c2NC1=O. The molecule has 1 aromatic carbocycles. The molecule has 130 valence electrons. The molecule has 1 heterocycles. The van der Waals surface area contributed by atoms with Crippen LogP contribution in [0.3, 0.4) is 0 Å². The van der Waals surface area contributed by atoms with Gasteiger partial charge in [-0.1, -0.05) is 38.2 Å². The van der Waals surface area contributed by atoms with Crippen molar-refractivity contribution < 1.29 is 14.3 Å². The predicted molar refractivity (Wildman–Crippen MR) is 94.2 cm³/mol. The summed E-state index contributed by atoms with van der Waals surface area (Å²) in [6.07, 6.45) is 7.86. The van der Waals surface area contributed by atoms with Gasteiger partial charge < -0.3 is 15.4 Å². The molecule has 0 radical (unpaired) electrons. The van der Waals surface area contributed by atoms with E-state index < -0.39 is 5.60 Å². The first-order chi connectivity index (χ1) is 11.5. The molecule has 5 nitrogen and oxygen atoms in total. The van der Waals surface area contributed by atoms with Crippen molar-refractivity contribution in [2.75, 3.05) is 10.6 Å². The molecule has 0 atom stereocenters. The summed E-state index contributed by atoms with van der Waals surface area (Å²) in [5.74, 6) is 1.05. The van der Waals surface area contributed by atoms with Gasteiger partial charge in [0.25, 0.3) is 5.91 Å². The summed E-state index contributed by atoms with van der Waals surface area (Å²) < 4.78 is 5.75. The number of ether oxygens (including phenoxy) is 1. The highest BCUT2D eigenvalue weighted by Crippen LogP contribution is 2.39. The molecular formula is C19H26N2O3. The maximum Gasteiger partial charge on any atom is 0.268 e. The van der Waals surface area contributed by atoms with Crippen molar-refractivity contribution in [3.8, 4) is 5.75 Å². The van der Waals surface area contributed by atoms with E-state index in [-0.39, 0.29) is 11.8 Å². The first-order valence-corrected chi connectivity index (χ1v) is 8.89. The standard InChI is InChI=1S/C19H26N2O3/c1-19(2)18(23)21-17-14(9-6-10-15(17)24-19)20-16(22)12-11-13-7-4-3-5-8-13/h6,9-10,13H,3-5,7-8,11-12H2,1-2H3,(H,20,22)(H,21,23). The molecule has 2 N–H and O–H groups in total. The van der Waals surface area contributed by atoms with E-state index in [1.54, 1.807) is 26.0 Å². The number of carbonyl (C=O) groups is 2. The van der Waals surface area contributed by atoms with Crippen molar-refractivity contribution in [3.63, 3.8) is 0 Å². The maximum absolute atomic E-state index is 12.3. The van der Waals surface area contributed by atoms with Crippen LogP contribution in [-0.4, -0.2) is 17.4 Å². The lowest BCUT2D eigenvalue weighted by Gasteiger charge is -2.32. The molecule has 1 aromatic rings. The van der Waals surface area contributed by atoms with Crippen LogP contribution < -0.4 is 15.4 Å². The van der Waals surface area contributed by atoms with Gasteiger partial charge in [-0.3, -0.25) is 9.59 Å². The molecule has 1 fully saturated rings. The number of hydrogen-bond donors (Lipinski definition) is 2. The van der Waals surface area contributed by atoms with Crippen molar-refractivity contribution in [3.05, 3.63) is 18.2 Å². The Kier molecular flexibility index (Phi) is 4.78. The van der Waals surface area contributed by atoms with E-state index in [0.717, 1.165) is 6.42 Å². The summed E-state index contributed by atoms with van der Waals surface area (Å²) >= 11 is 0. The van der Waals surface area contributed by atoms with E-state index in [4.69, 9.17) is 4.74 Å². The fraction of sp³-hybridized carbons (Fsp3) is 0.579. The van der Waals surface area contributed by atoms with Crippen LogP contribution >= 0.6 is 0 Å². The normalized spacial score (nSPS) is 19.8. The van der Waals surface area contributed by atoms with Crippen molar-refractivity contribution >= 4 is 23.2 Å².